The molecule has 8 nitrogen and oxygen atoms in total. The summed E-state index contributed by atoms with van der Waals surface area (Å²) in [5.74, 6) is 1.29. The zero-order valence-electron chi connectivity index (χ0n) is 15.3. The van der Waals surface area contributed by atoms with Crippen LogP contribution in [0.3, 0.4) is 0 Å². The van der Waals surface area contributed by atoms with Crippen molar-refractivity contribution in [2.75, 3.05) is 35.8 Å². The lowest BCUT2D eigenvalue weighted by atomic mass is 10.1. The average Bonchev–Trinajstić information content (AvgIpc) is 2.68. The Morgan fingerprint density at radius 1 is 1.15 bits per heavy atom. The van der Waals surface area contributed by atoms with E-state index in [1.54, 1.807) is 24.3 Å². The van der Waals surface area contributed by atoms with Gasteiger partial charge in [-0.2, -0.15) is 18.0 Å². The molecule has 3 heterocycles. The Balaban J connectivity index is 1.64. The van der Waals surface area contributed by atoms with Crippen LogP contribution in [0.5, 0.6) is 0 Å². The normalized spacial score (nSPS) is 15.6. The molecule has 2 aromatic heterocycles. The number of anilines is 2. The zero-order chi connectivity index (χ0) is 19.4. The third-order valence-electron chi connectivity index (χ3n) is 4.38. The molecule has 0 aliphatic carbocycles. The van der Waals surface area contributed by atoms with Crippen LogP contribution in [-0.2, 0) is 10.2 Å². The highest BCUT2D eigenvalue weighted by atomic mass is 32.2. The van der Waals surface area contributed by atoms with Crippen LogP contribution in [0.15, 0.2) is 36.5 Å². The van der Waals surface area contributed by atoms with Gasteiger partial charge in [0.2, 0.25) is 0 Å². The molecule has 3 rings (SSSR count). The SMILES string of the molecule is CC(C)c1cccc(NS(=O)(=O)N2CCN(c3ccc(C#N)cn3)CC2)n1. The molecule has 1 aliphatic rings. The van der Waals surface area contributed by atoms with Crippen LogP contribution < -0.4 is 9.62 Å². The van der Waals surface area contributed by atoms with Crippen molar-refractivity contribution >= 4 is 21.8 Å². The highest BCUT2D eigenvalue weighted by Crippen LogP contribution is 2.18. The highest BCUT2D eigenvalue weighted by Gasteiger charge is 2.27. The molecule has 1 fully saturated rings. The van der Waals surface area contributed by atoms with Gasteiger partial charge >= 0.3 is 10.2 Å². The van der Waals surface area contributed by atoms with Gasteiger partial charge in [-0.3, -0.25) is 4.72 Å². The van der Waals surface area contributed by atoms with Crippen LogP contribution in [0.1, 0.15) is 31.0 Å². The second-order valence-corrected chi connectivity index (χ2v) is 8.28. The van der Waals surface area contributed by atoms with Crippen molar-refractivity contribution in [3.05, 3.63) is 47.8 Å². The van der Waals surface area contributed by atoms with Crippen molar-refractivity contribution in [3.63, 3.8) is 0 Å². The van der Waals surface area contributed by atoms with E-state index in [1.165, 1.54) is 10.5 Å². The topological polar surface area (TPSA) is 102 Å². The first kappa shape index (κ1) is 19.1. The molecule has 1 saturated heterocycles. The quantitative estimate of drug-likeness (QED) is 0.843. The first-order valence-electron chi connectivity index (χ1n) is 8.75. The predicted molar refractivity (Wildman–Crippen MR) is 104 cm³/mol. The second kappa shape index (κ2) is 7.90. The largest absolute Gasteiger partial charge is 0.354 e. The first-order chi connectivity index (χ1) is 12.9. The third kappa shape index (κ3) is 4.53. The van der Waals surface area contributed by atoms with Crippen molar-refractivity contribution in [2.45, 2.75) is 19.8 Å². The van der Waals surface area contributed by atoms with E-state index in [1.807, 2.05) is 30.9 Å². The molecule has 27 heavy (non-hydrogen) atoms. The summed E-state index contributed by atoms with van der Waals surface area (Å²) in [5, 5.41) is 8.84. The minimum Gasteiger partial charge on any atom is -0.354 e. The van der Waals surface area contributed by atoms with Gasteiger partial charge in [-0.05, 0) is 30.2 Å². The molecule has 142 valence electrons. The average molecular weight is 386 g/mol. The molecule has 1 N–H and O–H groups in total. The summed E-state index contributed by atoms with van der Waals surface area (Å²) in [4.78, 5) is 10.6. The van der Waals surface area contributed by atoms with Gasteiger partial charge in [0.25, 0.3) is 0 Å². The summed E-state index contributed by atoms with van der Waals surface area (Å²) >= 11 is 0. The Kier molecular flexibility index (Phi) is 5.58. The highest BCUT2D eigenvalue weighted by molar-refractivity contribution is 7.90. The zero-order valence-corrected chi connectivity index (χ0v) is 16.1. The smallest absolute Gasteiger partial charge is 0.302 e. The molecule has 2 aromatic rings. The van der Waals surface area contributed by atoms with E-state index in [9.17, 15) is 8.42 Å². The number of hydrogen-bond donors (Lipinski definition) is 1. The number of nitriles is 1. The fourth-order valence-corrected chi connectivity index (χ4v) is 3.97. The maximum atomic E-state index is 12.7. The van der Waals surface area contributed by atoms with Crippen molar-refractivity contribution in [1.82, 2.24) is 14.3 Å². The van der Waals surface area contributed by atoms with Gasteiger partial charge in [0.15, 0.2) is 0 Å². The summed E-state index contributed by atoms with van der Waals surface area (Å²) in [5.41, 5.74) is 1.34. The van der Waals surface area contributed by atoms with Gasteiger partial charge in [-0.1, -0.05) is 19.9 Å². The molecule has 0 bridgehead atoms. The van der Waals surface area contributed by atoms with Crippen LogP contribution in [0.2, 0.25) is 0 Å². The maximum Gasteiger partial charge on any atom is 0.302 e. The summed E-state index contributed by atoms with van der Waals surface area (Å²) in [7, 11) is -3.66. The number of hydrogen-bond acceptors (Lipinski definition) is 6. The van der Waals surface area contributed by atoms with Crippen molar-refractivity contribution in [2.24, 2.45) is 0 Å². The fraction of sp³-hybridized carbons (Fsp3) is 0.389. The number of nitrogens with one attached hydrogen (secondary N) is 1. The molecule has 9 heteroatoms. The number of piperazine rings is 1. The molecular weight excluding hydrogens is 364 g/mol. The van der Waals surface area contributed by atoms with E-state index in [-0.39, 0.29) is 5.92 Å². The van der Waals surface area contributed by atoms with Crippen molar-refractivity contribution in [1.29, 1.82) is 5.26 Å². The van der Waals surface area contributed by atoms with Gasteiger partial charge in [-0.25, -0.2) is 9.97 Å². The number of nitrogens with zero attached hydrogens (tertiary/aromatic N) is 5. The van der Waals surface area contributed by atoms with Crippen molar-refractivity contribution in [3.8, 4) is 6.07 Å². The van der Waals surface area contributed by atoms with E-state index in [0.717, 1.165) is 11.5 Å². The fourth-order valence-electron chi connectivity index (χ4n) is 2.82. The maximum absolute atomic E-state index is 12.7. The van der Waals surface area contributed by atoms with Crippen LogP contribution in [0, 0.1) is 11.3 Å². The Labute approximate surface area is 159 Å². The number of aromatic nitrogens is 2. The lowest BCUT2D eigenvalue weighted by Gasteiger charge is -2.34. The Bertz CT molecular complexity index is 929. The van der Waals surface area contributed by atoms with E-state index in [0.29, 0.717) is 37.6 Å². The Morgan fingerprint density at radius 3 is 2.48 bits per heavy atom. The predicted octanol–water partition coefficient (Wildman–Crippen LogP) is 1.95. The molecule has 0 unspecified atom stereocenters. The van der Waals surface area contributed by atoms with Crippen LogP contribution in [0.4, 0.5) is 11.6 Å². The minimum atomic E-state index is -3.66. The van der Waals surface area contributed by atoms with Gasteiger partial charge in [0.1, 0.15) is 17.7 Å². The molecular formula is C18H22N6O2S. The summed E-state index contributed by atoms with van der Waals surface area (Å²) in [6.07, 6.45) is 1.52. The number of rotatable bonds is 5. The molecule has 0 atom stereocenters. The van der Waals surface area contributed by atoms with E-state index < -0.39 is 10.2 Å². The lowest BCUT2D eigenvalue weighted by molar-refractivity contribution is 0.386. The Morgan fingerprint density at radius 2 is 1.89 bits per heavy atom. The van der Waals surface area contributed by atoms with Crippen LogP contribution in [0.25, 0.3) is 0 Å². The second-order valence-electron chi connectivity index (χ2n) is 6.61. The van der Waals surface area contributed by atoms with Crippen LogP contribution >= 0.6 is 0 Å². The number of pyridine rings is 2. The van der Waals surface area contributed by atoms with Crippen LogP contribution in [-0.4, -0.2) is 48.9 Å². The van der Waals surface area contributed by atoms with Gasteiger partial charge < -0.3 is 4.90 Å². The van der Waals surface area contributed by atoms with E-state index in [2.05, 4.69) is 14.7 Å². The first-order valence-corrected chi connectivity index (χ1v) is 10.2. The van der Waals surface area contributed by atoms with Gasteiger partial charge in [0.05, 0.1) is 5.56 Å². The lowest BCUT2D eigenvalue weighted by Crippen LogP contribution is -2.50. The molecule has 0 aromatic carbocycles. The summed E-state index contributed by atoms with van der Waals surface area (Å²) in [6.45, 7) is 5.77. The van der Waals surface area contributed by atoms with E-state index in [4.69, 9.17) is 5.26 Å². The molecule has 1 aliphatic heterocycles. The standard InChI is InChI=1S/C18H22N6O2S/c1-14(2)16-4-3-5-17(21-16)22-27(25,26)24-10-8-23(9-11-24)18-7-6-15(12-19)13-20-18/h3-7,13-14H,8-11H2,1-2H3,(H,21,22). The summed E-state index contributed by atoms with van der Waals surface area (Å²) in [6, 6.07) is 10.9. The summed E-state index contributed by atoms with van der Waals surface area (Å²) < 4.78 is 29.3. The van der Waals surface area contributed by atoms with Gasteiger partial charge in [0, 0.05) is 38.1 Å². The molecule has 0 radical (unpaired) electrons. The third-order valence-corrected chi connectivity index (χ3v) is 5.89. The Hall–Kier alpha value is -2.70. The van der Waals surface area contributed by atoms with Gasteiger partial charge in [-0.15, -0.1) is 0 Å². The van der Waals surface area contributed by atoms with E-state index >= 15 is 0 Å². The molecule has 0 spiro atoms. The monoisotopic (exact) mass is 386 g/mol. The minimum absolute atomic E-state index is 0.220. The van der Waals surface area contributed by atoms with Crippen molar-refractivity contribution < 1.29 is 8.42 Å². The molecule has 0 saturated carbocycles. The molecule has 0 amide bonds.